The van der Waals surface area contributed by atoms with E-state index in [2.05, 4.69) is 9.94 Å². The molecule has 0 unspecified atom stereocenters. The van der Waals surface area contributed by atoms with Crippen LogP contribution in [0.1, 0.15) is 19.5 Å². The van der Waals surface area contributed by atoms with Crippen LogP contribution in [0.3, 0.4) is 0 Å². The van der Waals surface area contributed by atoms with E-state index in [-0.39, 0.29) is 0 Å². The molecule has 0 saturated heterocycles. The van der Waals surface area contributed by atoms with E-state index < -0.39 is 5.66 Å². The lowest BCUT2D eigenvalue weighted by Gasteiger charge is -2.13. The lowest BCUT2D eigenvalue weighted by molar-refractivity contribution is 0.393. The van der Waals surface area contributed by atoms with Crippen molar-refractivity contribution >= 4 is 5.69 Å². The van der Waals surface area contributed by atoms with Gasteiger partial charge in [0.2, 0.25) is 0 Å². The maximum atomic E-state index is 6.97. The molecule has 0 fully saturated rings. The summed E-state index contributed by atoms with van der Waals surface area (Å²) in [6.45, 7) is 12.4. The Balaban J connectivity index is 3.22. The van der Waals surface area contributed by atoms with Crippen LogP contribution in [0.25, 0.3) is 4.85 Å². The molecule has 0 radical (unpaired) electrons. The van der Waals surface area contributed by atoms with Crippen LogP contribution < -0.4 is 5.73 Å². The van der Waals surface area contributed by atoms with Gasteiger partial charge in [-0.05, 0) is 6.92 Å². The minimum absolute atomic E-state index is 0.631. The Hall–Kier alpha value is -1.50. The normalized spacial score (nSPS) is 11.2. The number of nitrogen functional groups attached to an aromatic ring is 1. The molecular formula is C8H12N4. The average molecular weight is 164 g/mol. The van der Waals surface area contributed by atoms with Gasteiger partial charge in [-0.15, -0.1) is 0 Å². The quantitative estimate of drug-likeness (QED) is 0.637. The highest BCUT2D eigenvalue weighted by Crippen LogP contribution is 2.20. The van der Waals surface area contributed by atoms with E-state index >= 15 is 0 Å². The summed E-state index contributed by atoms with van der Waals surface area (Å²) in [5.74, 6) is 0. The van der Waals surface area contributed by atoms with Gasteiger partial charge in [0, 0.05) is 13.8 Å². The van der Waals surface area contributed by atoms with Crippen LogP contribution in [-0.2, 0) is 5.66 Å². The van der Waals surface area contributed by atoms with Crippen molar-refractivity contribution in [3.05, 3.63) is 23.3 Å². The molecule has 1 aromatic rings. The molecule has 2 N–H and O–H groups in total. The standard InChI is InChI=1S/C8H12N4/c1-6-7(9)5-11-12(6)8(2,3)10-4/h5H,9H2,1-3H3. The van der Waals surface area contributed by atoms with Gasteiger partial charge in [0.15, 0.2) is 0 Å². The van der Waals surface area contributed by atoms with Gasteiger partial charge in [-0.2, -0.15) is 9.78 Å². The van der Waals surface area contributed by atoms with Crippen molar-refractivity contribution in [1.29, 1.82) is 0 Å². The Morgan fingerprint density at radius 1 is 1.67 bits per heavy atom. The molecule has 0 bridgehead atoms. The van der Waals surface area contributed by atoms with Gasteiger partial charge in [0.05, 0.1) is 17.6 Å². The van der Waals surface area contributed by atoms with Gasteiger partial charge < -0.3 is 5.73 Å². The van der Waals surface area contributed by atoms with Crippen molar-refractivity contribution in [3.8, 4) is 0 Å². The number of hydrogen-bond donors (Lipinski definition) is 1. The van der Waals surface area contributed by atoms with E-state index in [0.717, 1.165) is 5.69 Å². The highest BCUT2D eigenvalue weighted by Gasteiger charge is 2.28. The summed E-state index contributed by atoms with van der Waals surface area (Å²) in [6.07, 6.45) is 1.57. The first kappa shape index (κ1) is 8.60. The molecule has 1 heterocycles. The third kappa shape index (κ3) is 1.14. The zero-order valence-corrected chi connectivity index (χ0v) is 7.50. The first-order chi connectivity index (χ1) is 5.49. The fourth-order valence-electron chi connectivity index (χ4n) is 1.02. The van der Waals surface area contributed by atoms with E-state index in [4.69, 9.17) is 12.3 Å². The zero-order chi connectivity index (χ0) is 9.35. The Morgan fingerprint density at radius 2 is 2.25 bits per heavy atom. The molecule has 0 saturated carbocycles. The summed E-state index contributed by atoms with van der Waals surface area (Å²) < 4.78 is 1.63. The maximum Gasteiger partial charge on any atom is 0.320 e. The molecule has 0 atom stereocenters. The van der Waals surface area contributed by atoms with Gasteiger partial charge in [0.1, 0.15) is 0 Å². The second-order valence-electron chi connectivity index (χ2n) is 3.20. The molecule has 0 aliphatic rings. The first-order valence-electron chi connectivity index (χ1n) is 3.68. The van der Waals surface area contributed by atoms with E-state index in [1.165, 1.54) is 0 Å². The Labute approximate surface area is 71.8 Å². The van der Waals surface area contributed by atoms with Crippen LogP contribution in [-0.4, -0.2) is 9.78 Å². The molecule has 0 aliphatic heterocycles. The van der Waals surface area contributed by atoms with E-state index in [1.807, 2.05) is 6.92 Å². The predicted octanol–water partition coefficient (Wildman–Crippen LogP) is 1.39. The first-order valence-corrected chi connectivity index (χ1v) is 3.68. The van der Waals surface area contributed by atoms with Gasteiger partial charge in [0.25, 0.3) is 0 Å². The van der Waals surface area contributed by atoms with Gasteiger partial charge >= 0.3 is 5.66 Å². The summed E-state index contributed by atoms with van der Waals surface area (Å²) >= 11 is 0. The molecule has 12 heavy (non-hydrogen) atoms. The van der Waals surface area contributed by atoms with Crippen LogP contribution >= 0.6 is 0 Å². The topological polar surface area (TPSA) is 48.2 Å². The lowest BCUT2D eigenvalue weighted by Crippen LogP contribution is -2.24. The predicted molar refractivity (Wildman–Crippen MR) is 47.3 cm³/mol. The number of aromatic nitrogens is 2. The van der Waals surface area contributed by atoms with Gasteiger partial charge in [-0.3, -0.25) is 4.85 Å². The monoisotopic (exact) mass is 164 g/mol. The lowest BCUT2D eigenvalue weighted by atomic mass is 10.2. The van der Waals surface area contributed by atoms with Crippen molar-refractivity contribution in [3.63, 3.8) is 0 Å². The van der Waals surface area contributed by atoms with E-state index in [9.17, 15) is 0 Å². The molecule has 1 aromatic heterocycles. The Kier molecular flexibility index (Phi) is 1.81. The number of hydrogen-bond acceptors (Lipinski definition) is 2. The largest absolute Gasteiger partial charge is 0.396 e. The van der Waals surface area contributed by atoms with Crippen molar-refractivity contribution in [2.75, 3.05) is 5.73 Å². The average Bonchev–Trinajstić information content (AvgIpc) is 2.33. The third-order valence-electron chi connectivity index (χ3n) is 1.84. The van der Waals surface area contributed by atoms with Crippen LogP contribution in [0.4, 0.5) is 5.69 Å². The Bertz CT molecular complexity index is 329. The maximum absolute atomic E-state index is 6.97. The molecular weight excluding hydrogens is 152 g/mol. The summed E-state index contributed by atoms with van der Waals surface area (Å²) in [5, 5.41) is 4.04. The van der Waals surface area contributed by atoms with Crippen molar-refractivity contribution < 1.29 is 0 Å². The number of nitrogens with two attached hydrogens (primary N) is 1. The number of nitrogens with zero attached hydrogens (tertiary/aromatic N) is 3. The second-order valence-corrected chi connectivity index (χ2v) is 3.20. The van der Waals surface area contributed by atoms with Crippen molar-refractivity contribution in [1.82, 2.24) is 9.78 Å². The minimum atomic E-state index is -0.637. The van der Waals surface area contributed by atoms with Crippen molar-refractivity contribution in [2.24, 2.45) is 0 Å². The molecule has 0 spiro atoms. The fraction of sp³-hybridized carbons (Fsp3) is 0.500. The summed E-state index contributed by atoms with van der Waals surface area (Å²) in [7, 11) is 0. The fourth-order valence-corrected chi connectivity index (χ4v) is 1.02. The molecule has 0 aromatic carbocycles. The second kappa shape index (κ2) is 2.52. The van der Waals surface area contributed by atoms with Crippen molar-refractivity contribution in [2.45, 2.75) is 26.4 Å². The molecule has 4 nitrogen and oxygen atoms in total. The Morgan fingerprint density at radius 3 is 2.58 bits per heavy atom. The van der Waals surface area contributed by atoms with Gasteiger partial charge in [-0.1, -0.05) is 0 Å². The van der Waals surface area contributed by atoms with Crippen LogP contribution in [0.5, 0.6) is 0 Å². The number of rotatable bonds is 1. The summed E-state index contributed by atoms with van der Waals surface area (Å²) in [6, 6.07) is 0. The molecule has 0 aliphatic carbocycles. The summed E-state index contributed by atoms with van der Waals surface area (Å²) in [4.78, 5) is 3.46. The van der Waals surface area contributed by atoms with E-state index in [0.29, 0.717) is 5.69 Å². The van der Waals surface area contributed by atoms with Crippen LogP contribution in [0.2, 0.25) is 0 Å². The SMILES string of the molecule is [C-]#[N+]C(C)(C)n1ncc(N)c1C. The van der Waals surface area contributed by atoms with E-state index in [1.54, 1.807) is 24.7 Å². The highest BCUT2D eigenvalue weighted by molar-refractivity contribution is 5.40. The molecule has 4 heteroatoms. The van der Waals surface area contributed by atoms with Crippen LogP contribution in [0, 0.1) is 13.5 Å². The molecule has 1 rings (SSSR count). The third-order valence-corrected chi connectivity index (χ3v) is 1.84. The zero-order valence-electron chi connectivity index (χ0n) is 7.50. The molecule has 0 amide bonds. The summed E-state index contributed by atoms with van der Waals surface area (Å²) in [5.41, 5.74) is 6.44. The molecule has 64 valence electrons. The van der Waals surface area contributed by atoms with Gasteiger partial charge in [-0.25, -0.2) is 6.57 Å². The van der Waals surface area contributed by atoms with Crippen LogP contribution in [0.15, 0.2) is 6.20 Å². The highest BCUT2D eigenvalue weighted by atomic mass is 15.4. The number of anilines is 1. The smallest absolute Gasteiger partial charge is 0.320 e. The minimum Gasteiger partial charge on any atom is -0.396 e.